The van der Waals surface area contributed by atoms with Crippen molar-refractivity contribution in [2.45, 2.75) is 25.5 Å². The third-order valence-electron chi connectivity index (χ3n) is 3.83. The highest BCUT2D eigenvalue weighted by atomic mass is 16.5. The molecular formula is C19H22N2O4. The predicted octanol–water partition coefficient (Wildman–Crippen LogP) is 2.33. The third-order valence-corrected chi connectivity index (χ3v) is 3.83. The van der Waals surface area contributed by atoms with Crippen molar-refractivity contribution in [2.24, 2.45) is 0 Å². The Hall–Kier alpha value is -2.60. The summed E-state index contributed by atoms with van der Waals surface area (Å²) in [6.45, 7) is 1.96. The lowest BCUT2D eigenvalue weighted by Crippen LogP contribution is -2.33. The highest BCUT2D eigenvalue weighted by Crippen LogP contribution is 2.13. The molecule has 6 nitrogen and oxygen atoms in total. The average molecular weight is 342 g/mol. The van der Waals surface area contributed by atoms with Crippen LogP contribution in [0.5, 0.6) is 11.6 Å². The van der Waals surface area contributed by atoms with Crippen molar-refractivity contribution in [1.82, 2.24) is 10.3 Å². The van der Waals surface area contributed by atoms with Crippen molar-refractivity contribution >= 4 is 5.91 Å². The van der Waals surface area contributed by atoms with E-state index < -0.39 is 0 Å². The van der Waals surface area contributed by atoms with Crippen LogP contribution in [0.3, 0.4) is 0 Å². The molecule has 2 aromatic rings. The van der Waals surface area contributed by atoms with Gasteiger partial charge in [-0.25, -0.2) is 4.98 Å². The van der Waals surface area contributed by atoms with Crippen LogP contribution in [0.2, 0.25) is 0 Å². The highest BCUT2D eigenvalue weighted by Gasteiger charge is 2.22. The van der Waals surface area contributed by atoms with Crippen LogP contribution in [0, 0.1) is 0 Å². The number of hydrogen-bond donors (Lipinski definition) is 1. The van der Waals surface area contributed by atoms with Crippen LogP contribution in [-0.2, 0) is 16.1 Å². The number of benzene rings is 1. The van der Waals surface area contributed by atoms with Gasteiger partial charge in [0, 0.05) is 25.4 Å². The molecule has 1 N–H and O–H groups in total. The number of carbonyl (C=O) groups excluding carboxylic acids is 1. The number of nitrogens with one attached hydrogen (secondary N) is 1. The molecule has 0 aliphatic carbocycles. The van der Waals surface area contributed by atoms with Crippen LogP contribution in [-0.4, -0.2) is 36.8 Å². The minimum atomic E-state index is -0.305. The van der Waals surface area contributed by atoms with E-state index in [1.54, 1.807) is 12.3 Å². The fraction of sp³-hybridized carbons (Fsp3) is 0.368. The van der Waals surface area contributed by atoms with Gasteiger partial charge in [0.25, 0.3) is 0 Å². The van der Waals surface area contributed by atoms with Gasteiger partial charge in [0.15, 0.2) is 0 Å². The monoisotopic (exact) mass is 342 g/mol. The molecule has 1 aliphatic heterocycles. The number of aromatic nitrogens is 1. The van der Waals surface area contributed by atoms with E-state index in [1.807, 2.05) is 36.4 Å². The van der Waals surface area contributed by atoms with E-state index in [0.29, 0.717) is 32.2 Å². The fourth-order valence-corrected chi connectivity index (χ4v) is 2.51. The molecule has 1 amide bonds. The van der Waals surface area contributed by atoms with Gasteiger partial charge in [-0.15, -0.1) is 0 Å². The standard InChI is InChI=1S/C19H22N2O4/c22-19(17-7-4-10-24-17)21-14-15-8-9-18(20-13-15)25-12-11-23-16-5-2-1-3-6-16/h1-3,5-6,8-9,13,17H,4,7,10-12,14H2,(H,21,22)/t17-/m0/s1. The molecule has 6 heteroatoms. The zero-order chi connectivity index (χ0) is 17.3. The number of pyridine rings is 1. The predicted molar refractivity (Wildman–Crippen MR) is 92.5 cm³/mol. The van der Waals surface area contributed by atoms with Gasteiger partial charge < -0.3 is 19.5 Å². The van der Waals surface area contributed by atoms with Gasteiger partial charge in [-0.3, -0.25) is 4.79 Å². The second-order valence-corrected chi connectivity index (χ2v) is 5.73. The molecule has 2 heterocycles. The van der Waals surface area contributed by atoms with Crippen LogP contribution in [0.1, 0.15) is 18.4 Å². The summed E-state index contributed by atoms with van der Waals surface area (Å²) in [6, 6.07) is 13.3. The van der Waals surface area contributed by atoms with Crippen LogP contribution in [0.4, 0.5) is 0 Å². The zero-order valence-electron chi connectivity index (χ0n) is 14.0. The molecule has 1 fully saturated rings. The fourth-order valence-electron chi connectivity index (χ4n) is 2.51. The summed E-state index contributed by atoms with van der Waals surface area (Å²) in [6.07, 6.45) is 3.13. The largest absolute Gasteiger partial charge is 0.490 e. The number of para-hydroxylation sites is 1. The molecule has 0 bridgehead atoms. The molecule has 1 atom stereocenters. The maximum absolute atomic E-state index is 11.9. The SMILES string of the molecule is O=C(NCc1ccc(OCCOc2ccccc2)nc1)[C@@H]1CCCO1. The Kier molecular flexibility index (Phi) is 6.23. The molecule has 0 spiro atoms. The first-order valence-corrected chi connectivity index (χ1v) is 8.46. The quantitative estimate of drug-likeness (QED) is 0.746. The van der Waals surface area contributed by atoms with Crippen molar-refractivity contribution in [3.63, 3.8) is 0 Å². The van der Waals surface area contributed by atoms with Crippen molar-refractivity contribution in [3.05, 3.63) is 54.2 Å². The van der Waals surface area contributed by atoms with Gasteiger partial charge in [0.05, 0.1) is 0 Å². The lowest BCUT2D eigenvalue weighted by molar-refractivity contribution is -0.130. The molecule has 0 saturated carbocycles. The first-order chi connectivity index (χ1) is 12.3. The van der Waals surface area contributed by atoms with Crippen LogP contribution in [0.25, 0.3) is 0 Å². The zero-order valence-corrected chi connectivity index (χ0v) is 14.0. The van der Waals surface area contributed by atoms with Gasteiger partial charge >= 0.3 is 0 Å². The van der Waals surface area contributed by atoms with Gasteiger partial charge in [0.1, 0.15) is 25.1 Å². The summed E-state index contributed by atoms with van der Waals surface area (Å²) in [4.78, 5) is 16.1. The number of rotatable bonds is 8. The van der Waals surface area contributed by atoms with E-state index in [4.69, 9.17) is 14.2 Å². The minimum absolute atomic E-state index is 0.0594. The molecule has 1 saturated heterocycles. The number of amides is 1. The number of nitrogens with zero attached hydrogens (tertiary/aromatic N) is 1. The molecule has 1 aromatic heterocycles. The molecular weight excluding hydrogens is 320 g/mol. The Bertz CT molecular complexity index is 655. The number of hydrogen-bond acceptors (Lipinski definition) is 5. The topological polar surface area (TPSA) is 69.7 Å². The van der Waals surface area contributed by atoms with Crippen molar-refractivity contribution < 1.29 is 19.0 Å². The average Bonchev–Trinajstić information content (AvgIpc) is 3.20. The van der Waals surface area contributed by atoms with Crippen LogP contribution < -0.4 is 14.8 Å². The van der Waals surface area contributed by atoms with Crippen molar-refractivity contribution in [1.29, 1.82) is 0 Å². The third kappa shape index (κ3) is 5.46. The number of carbonyl (C=O) groups is 1. The summed E-state index contributed by atoms with van der Waals surface area (Å²) in [5.74, 6) is 1.29. The Morgan fingerprint density at radius 3 is 2.72 bits per heavy atom. The van der Waals surface area contributed by atoms with E-state index in [2.05, 4.69) is 10.3 Å². The van der Waals surface area contributed by atoms with E-state index in [1.165, 1.54) is 0 Å². The molecule has 0 unspecified atom stereocenters. The molecule has 25 heavy (non-hydrogen) atoms. The van der Waals surface area contributed by atoms with Gasteiger partial charge in [-0.05, 0) is 30.5 Å². The molecule has 1 aromatic carbocycles. The van der Waals surface area contributed by atoms with Gasteiger partial charge in [-0.1, -0.05) is 24.3 Å². The summed E-state index contributed by atoms with van der Waals surface area (Å²) >= 11 is 0. The number of ether oxygens (including phenoxy) is 3. The maximum atomic E-state index is 11.9. The van der Waals surface area contributed by atoms with E-state index in [-0.39, 0.29) is 12.0 Å². The summed E-state index contributed by atoms with van der Waals surface area (Å²) in [5, 5.41) is 2.87. The minimum Gasteiger partial charge on any atom is -0.490 e. The van der Waals surface area contributed by atoms with Crippen molar-refractivity contribution in [3.8, 4) is 11.6 Å². The maximum Gasteiger partial charge on any atom is 0.249 e. The molecule has 1 aliphatic rings. The second kappa shape index (κ2) is 9.03. The molecule has 132 valence electrons. The van der Waals surface area contributed by atoms with E-state index in [0.717, 1.165) is 24.2 Å². The van der Waals surface area contributed by atoms with Gasteiger partial charge in [0.2, 0.25) is 11.8 Å². The Balaban J connectivity index is 1.36. The lowest BCUT2D eigenvalue weighted by Gasteiger charge is -2.11. The van der Waals surface area contributed by atoms with Crippen LogP contribution in [0.15, 0.2) is 48.7 Å². The summed E-state index contributed by atoms with van der Waals surface area (Å²) < 4.78 is 16.4. The Labute approximate surface area is 147 Å². The smallest absolute Gasteiger partial charge is 0.249 e. The Morgan fingerprint density at radius 1 is 1.16 bits per heavy atom. The first-order valence-electron chi connectivity index (χ1n) is 8.46. The molecule has 3 rings (SSSR count). The van der Waals surface area contributed by atoms with E-state index in [9.17, 15) is 4.79 Å². The second-order valence-electron chi connectivity index (χ2n) is 5.73. The lowest BCUT2D eigenvalue weighted by atomic mass is 10.2. The van der Waals surface area contributed by atoms with E-state index >= 15 is 0 Å². The van der Waals surface area contributed by atoms with Gasteiger partial charge in [-0.2, -0.15) is 0 Å². The highest BCUT2D eigenvalue weighted by molar-refractivity contribution is 5.80. The summed E-state index contributed by atoms with van der Waals surface area (Å²) in [5.41, 5.74) is 0.916. The normalized spacial score (nSPS) is 16.4. The first kappa shape index (κ1) is 17.2. The molecule has 0 radical (unpaired) electrons. The van der Waals surface area contributed by atoms with Crippen LogP contribution >= 0.6 is 0 Å². The summed E-state index contributed by atoms with van der Waals surface area (Å²) in [7, 11) is 0. The Morgan fingerprint density at radius 2 is 2.00 bits per heavy atom. The van der Waals surface area contributed by atoms with Crippen molar-refractivity contribution in [2.75, 3.05) is 19.8 Å².